The molecule has 1 aliphatic heterocycles. The van der Waals surface area contributed by atoms with Crippen LogP contribution in [-0.4, -0.2) is 54.2 Å². The molecule has 1 aliphatic carbocycles. The number of fused-ring (bicyclic) bond motifs is 1. The average Bonchev–Trinajstić information content (AvgIpc) is 2.96. The van der Waals surface area contributed by atoms with Crippen LogP contribution in [0.5, 0.6) is 0 Å². The van der Waals surface area contributed by atoms with Crippen molar-refractivity contribution in [2.75, 3.05) is 26.0 Å². The fourth-order valence-corrected chi connectivity index (χ4v) is 4.24. The van der Waals surface area contributed by atoms with E-state index < -0.39 is 6.04 Å². The maximum Gasteiger partial charge on any atom is 0.247 e. The Bertz CT molecular complexity index is 787. The minimum Gasteiger partial charge on any atom is -0.324 e. The quantitative estimate of drug-likeness (QED) is 0.527. The van der Waals surface area contributed by atoms with Crippen molar-refractivity contribution >= 4 is 23.4 Å². The normalized spacial score (nSPS) is 22.0. The highest BCUT2D eigenvalue weighted by Crippen LogP contribution is 2.37. The van der Waals surface area contributed by atoms with E-state index in [0.717, 1.165) is 13.0 Å². The van der Waals surface area contributed by atoms with E-state index in [2.05, 4.69) is 10.2 Å². The number of likely N-dealkylation sites (tertiary alicyclic amines) is 1. The molecule has 0 saturated carbocycles. The van der Waals surface area contributed by atoms with E-state index in [4.69, 9.17) is 0 Å². The molecule has 6 nitrogen and oxygen atoms in total. The maximum atomic E-state index is 13.2. The van der Waals surface area contributed by atoms with Gasteiger partial charge in [0.15, 0.2) is 0 Å². The van der Waals surface area contributed by atoms with Crippen molar-refractivity contribution in [3.8, 4) is 0 Å². The summed E-state index contributed by atoms with van der Waals surface area (Å²) in [5.41, 5.74) is 1.88. The maximum absolute atomic E-state index is 13.2. The van der Waals surface area contributed by atoms with Crippen molar-refractivity contribution in [3.63, 3.8) is 0 Å². The van der Waals surface area contributed by atoms with Gasteiger partial charge in [0.1, 0.15) is 6.04 Å². The molecule has 1 saturated heterocycles. The van der Waals surface area contributed by atoms with Crippen LogP contribution >= 0.6 is 0 Å². The van der Waals surface area contributed by atoms with Crippen molar-refractivity contribution in [3.05, 3.63) is 42.0 Å². The fourth-order valence-electron chi connectivity index (χ4n) is 4.24. The number of nitrogens with one attached hydrogen (secondary N) is 1. The summed E-state index contributed by atoms with van der Waals surface area (Å²) in [4.78, 5) is 42.5. The molecule has 1 heterocycles. The van der Waals surface area contributed by atoms with E-state index >= 15 is 0 Å². The van der Waals surface area contributed by atoms with Crippen molar-refractivity contribution in [1.29, 1.82) is 0 Å². The molecule has 0 spiro atoms. The van der Waals surface area contributed by atoms with Crippen LogP contribution in [0.4, 0.5) is 5.69 Å². The zero-order valence-corrected chi connectivity index (χ0v) is 18.4. The van der Waals surface area contributed by atoms with Gasteiger partial charge in [-0.2, -0.15) is 0 Å². The molecule has 0 aromatic heterocycles. The first-order valence-corrected chi connectivity index (χ1v) is 10.8. The number of likely N-dealkylation sites (N-methyl/N-ethyl adjacent to an activating group) is 1. The molecule has 1 N–H and O–H groups in total. The molecule has 3 amide bonds. The Morgan fingerprint density at radius 1 is 1.07 bits per heavy atom. The van der Waals surface area contributed by atoms with Crippen LogP contribution in [0.15, 0.2) is 36.4 Å². The molecule has 1 fully saturated rings. The first kappa shape index (κ1) is 22.2. The lowest BCUT2D eigenvalue weighted by Crippen LogP contribution is -2.48. The van der Waals surface area contributed by atoms with Gasteiger partial charge in [-0.1, -0.05) is 38.1 Å². The molecule has 0 radical (unpaired) electrons. The van der Waals surface area contributed by atoms with Crippen molar-refractivity contribution in [1.82, 2.24) is 9.80 Å². The molecule has 0 bridgehead atoms. The number of anilines is 1. The molecule has 30 heavy (non-hydrogen) atoms. The number of hydrogen-bond acceptors (Lipinski definition) is 4. The van der Waals surface area contributed by atoms with Gasteiger partial charge in [0.25, 0.3) is 0 Å². The summed E-state index contributed by atoms with van der Waals surface area (Å²) in [6.45, 7) is 4.96. The SMILES string of the molecule is CC(C)CC(C(=O)Nc1ccc(CCN(C)C)cc1)N1C(=O)C2CC=CCC2C1=O. The summed E-state index contributed by atoms with van der Waals surface area (Å²) in [6.07, 6.45) is 6.48. The summed E-state index contributed by atoms with van der Waals surface area (Å²) in [6, 6.07) is 6.99. The smallest absolute Gasteiger partial charge is 0.247 e. The third-order valence-corrected chi connectivity index (χ3v) is 5.92. The molecule has 6 heteroatoms. The lowest BCUT2D eigenvalue weighted by Gasteiger charge is -2.27. The fraction of sp³-hybridized carbons (Fsp3) is 0.542. The van der Waals surface area contributed by atoms with E-state index in [1.54, 1.807) is 0 Å². The van der Waals surface area contributed by atoms with Crippen LogP contribution in [0, 0.1) is 17.8 Å². The Morgan fingerprint density at radius 3 is 2.13 bits per heavy atom. The zero-order chi connectivity index (χ0) is 21.8. The molecule has 1 aromatic rings. The molecule has 1 aromatic carbocycles. The highest BCUT2D eigenvalue weighted by Gasteiger charge is 2.51. The number of hydrogen-bond donors (Lipinski definition) is 1. The van der Waals surface area contributed by atoms with Crippen molar-refractivity contribution < 1.29 is 14.4 Å². The third-order valence-electron chi connectivity index (χ3n) is 5.92. The highest BCUT2D eigenvalue weighted by atomic mass is 16.2. The Hall–Kier alpha value is -2.47. The van der Waals surface area contributed by atoms with Crippen molar-refractivity contribution in [2.45, 2.75) is 45.6 Å². The zero-order valence-electron chi connectivity index (χ0n) is 18.4. The first-order chi connectivity index (χ1) is 14.3. The Kier molecular flexibility index (Phi) is 7.08. The molecule has 3 rings (SSSR count). The van der Waals surface area contributed by atoms with Gasteiger partial charge in [-0.25, -0.2) is 0 Å². The molecule has 162 valence electrons. The summed E-state index contributed by atoms with van der Waals surface area (Å²) in [5, 5.41) is 2.93. The molecular weight excluding hydrogens is 378 g/mol. The number of rotatable bonds is 8. The number of carbonyl (C=O) groups excluding carboxylic acids is 3. The Morgan fingerprint density at radius 2 is 1.63 bits per heavy atom. The van der Waals surface area contributed by atoms with Crippen molar-refractivity contribution in [2.24, 2.45) is 17.8 Å². The van der Waals surface area contributed by atoms with Gasteiger partial charge in [-0.15, -0.1) is 0 Å². The summed E-state index contributed by atoms with van der Waals surface area (Å²) in [7, 11) is 4.08. The number of benzene rings is 1. The average molecular weight is 412 g/mol. The second-order valence-electron chi connectivity index (χ2n) is 9.09. The van der Waals surface area contributed by atoms with E-state index in [9.17, 15) is 14.4 Å². The number of allylic oxidation sites excluding steroid dienone is 2. The minimum absolute atomic E-state index is 0.176. The monoisotopic (exact) mass is 411 g/mol. The summed E-state index contributed by atoms with van der Waals surface area (Å²) in [5.74, 6) is -1.15. The lowest BCUT2D eigenvalue weighted by molar-refractivity contribution is -0.147. The van der Waals surface area contributed by atoms with Gasteiger partial charge in [0.05, 0.1) is 11.8 Å². The number of amides is 3. The standard InChI is InChI=1S/C24H33N3O3/c1-16(2)15-21(27-23(29)19-7-5-6-8-20(19)24(27)30)22(28)25-18-11-9-17(10-12-18)13-14-26(3)4/h5-6,9-12,16,19-21H,7-8,13-15H2,1-4H3,(H,25,28). The number of carbonyl (C=O) groups is 3. The molecular formula is C24H33N3O3. The van der Waals surface area contributed by atoms with Gasteiger partial charge >= 0.3 is 0 Å². The van der Waals surface area contributed by atoms with Crippen LogP contribution in [0.25, 0.3) is 0 Å². The predicted octanol–water partition coefficient (Wildman–Crippen LogP) is 3.10. The van der Waals surface area contributed by atoms with Crippen LogP contribution in [0.1, 0.15) is 38.7 Å². The molecule has 2 aliphatic rings. The van der Waals surface area contributed by atoms with Gasteiger partial charge in [0, 0.05) is 12.2 Å². The minimum atomic E-state index is -0.774. The van der Waals surface area contributed by atoms with E-state index in [0.29, 0.717) is 24.9 Å². The molecule has 3 atom stereocenters. The Balaban J connectivity index is 1.73. The third kappa shape index (κ3) is 4.98. The topological polar surface area (TPSA) is 69.7 Å². The van der Waals surface area contributed by atoms with Crippen LogP contribution < -0.4 is 5.32 Å². The predicted molar refractivity (Wildman–Crippen MR) is 118 cm³/mol. The number of imide groups is 1. The van der Waals surface area contributed by atoms with Gasteiger partial charge in [0.2, 0.25) is 17.7 Å². The van der Waals surface area contributed by atoms with Gasteiger partial charge < -0.3 is 10.2 Å². The second kappa shape index (κ2) is 9.56. The summed E-state index contributed by atoms with van der Waals surface area (Å²) >= 11 is 0. The van der Waals surface area contributed by atoms with Crippen LogP contribution in [-0.2, 0) is 20.8 Å². The highest BCUT2D eigenvalue weighted by molar-refractivity contribution is 6.10. The number of nitrogens with zero attached hydrogens (tertiary/aromatic N) is 2. The lowest BCUT2D eigenvalue weighted by atomic mass is 9.85. The summed E-state index contributed by atoms with van der Waals surface area (Å²) < 4.78 is 0. The van der Waals surface area contributed by atoms with Crippen LogP contribution in [0.2, 0.25) is 0 Å². The Labute approximate surface area is 179 Å². The van der Waals surface area contributed by atoms with Gasteiger partial charge in [-0.3, -0.25) is 19.3 Å². The first-order valence-electron chi connectivity index (χ1n) is 10.8. The van der Waals surface area contributed by atoms with E-state index in [1.165, 1.54) is 10.5 Å². The second-order valence-corrected chi connectivity index (χ2v) is 9.09. The van der Waals surface area contributed by atoms with E-state index in [-0.39, 0.29) is 35.5 Å². The molecule has 3 unspecified atom stereocenters. The van der Waals surface area contributed by atoms with Crippen LogP contribution in [0.3, 0.4) is 0 Å². The largest absolute Gasteiger partial charge is 0.324 e. The van der Waals surface area contributed by atoms with E-state index in [1.807, 2.05) is 64.4 Å². The van der Waals surface area contributed by atoms with Gasteiger partial charge in [-0.05, 0) is 63.4 Å².